The summed E-state index contributed by atoms with van der Waals surface area (Å²) in [7, 11) is -3.58. The van der Waals surface area contributed by atoms with Gasteiger partial charge in [0, 0.05) is 31.9 Å². The van der Waals surface area contributed by atoms with Gasteiger partial charge in [-0.25, -0.2) is 8.42 Å². The fraction of sp³-hybridized carbons (Fsp3) is 0.429. The molecule has 2 aliphatic rings. The molecule has 2 amide bonds. The Labute approximate surface area is 181 Å². The molecule has 10 heteroatoms. The summed E-state index contributed by atoms with van der Waals surface area (Å²) in [6.07, 6.45) is 4.27. The van der Waals surface area contributed by atoms with Gasteiger partial charge in [0.15, 0.2) is 0 Å². The van der Waals surface area contributed by atoms with Gasteiger partial charge < -0.3 is 19.4 Å². The van der Waals surface area contributed by atoms with Crippen LogP contribution in [-0.2, 0) is 19.6 Å². The van der Waals surface area contributed by atoms with E-state index in [0.717, 1.165) is 6.42 Å². The molecule has 2 aromatic rings. The second-order valence-electron chi connectivity index (χ2n) is 7.63. The Morgan fingerprint density at radius 2 is 1.77 bits per heavy atom. The Balaban J connectivity index is 1.37. The van der Waals surface area contributed by atoms with Crippen LogP contribution in [0.5, 0.6) is 0 Å². The topological polar surface area (TPSA) is 109 Å². The molecule has 31 heavy (non-hydrogen) atoms. The summed E-state index contributed by atoms with van der Waals surface area (Å²) in [6, 6.07) is 7.77. The number of furan rings is 1. The van der Waals surface area contributed by atoms with E-state index < -0.39 is 10.0 Å². The number of carbonyl (C=O) groups excluding carboxylic acids is 2. The van der Waals surface area contributed by atoms with E-state index in [-0.39, 0.29) is 22.6 Å². The zero-order valence-corrected chi connectivity index (χ0v) is 17.8. The largest absolute Gasteiger partial charge is 0.472 e. The molecule has 0 radical (unpaired) electrons. The first-order valence-corrected chi connectivity index (χ1v) is 11.7. The predicted molar refractivity (Wildman–Crippen MR) is 112 cm³/mol. The lowest BCUT2D eigenvalue weighted by atomic mass is 9.96. The van der Waals surface area contributed by atoms with E-state index in [0.29, 0.717) is 57.1 Å². The molecule has 3 heterocycles. The summed E-state index contributed by atoms with van der Waals surface area (Å²) < 4.78 is 37.0. The number of nitrogens with one attached hydrogen (secondary N) is 1. The molecule has 0 spiro atoms. The Bertz CT molecular complexity index is 1010. The second-order valence-corrected chi connectivity index (χ2v) is 9.57. The number of benzene rings is 1. The molecule has 0 aliphatic carbocycles. The van der Waals surface area contributed by atoms with Crippen LogP contribution in [-0.4, -0.2) is 68.8 Å². The monoisotopic (exact) mass is 447 g/mol. The highest BCUT2D eigenvalue weighted by Crippen LogP contribution is 2.23. The molecule has 0 bridgehead atoms. The summed E-state index contributed by atoms with van der Waals surface area (Å²) >= 11 is 0. The third-order valence-electron chi connectivity index (χ3n) is 5.58. The molecule has 9 nitrogen and oxygen atoms in total. The highest BCUT2D eigenvalue weighted by Gasteiger charge is 2.30. The lowest BCUT2D eigenvalue weighted by molar-refractivity contribution is -0.121. The standard InChI is InChI=1S/C21H25N3O6S/c25-20(16-2-1-8-23(14-16)21(26)17-7-11-30-15-17)22-18-3-5-19(6-4-18)31(27,28)24-9-12-29-13-10-24/h3-7,11,15-16H,1-2,8-10,12-14H2,(H,22,25). The molecular formula is C21H25N3O6S. The van der Waals surface area contributed by atoms with Gasteiger partial charge in [-0.05, 0) is 43.2 Å². The zero-order chi connectivity index (χ0) is 21.8. The fourth-order valence-electron chi connectivity index (χ4n) is 3.83. The molecule has 1 unspecified atom stereocenters. The summed E-state index contributed by atoms with van der Waals surface area (Å²) in [5.41, 5.74) is 0.988. The maximum Gasteiger partial charge on any atom is 0.257 e. The van der Waals surface area contributed by atoms with E-state index in [2.05, 4.69) is 5.32 Å². The number of sulfonamides is 1. The van der Waals surface area contributed by atoms with Gasteiger partial charge in [0.25, 0.3) is 5.91 Å². The van der Waals surface area contributed by atoms with Crippen molar-refractivity contribution in [2.75, 3.05) is 44.7 Å². The van der Waals surface area contributed by atoms with Crippen molar-refractivity contribution in [3.8, 4) is 0 Å². The highest BCUT2D eigenvalue weighted by atomic mass is 32.2. The van der Waals surface area contributed by atoms with E-state index in [1.54, 1.807) is 23.1 Å². The third kappa shape index (κ3) is 4.81. The predicted octanol–water partition coefficient (Wildman–Crippen LogP) is 1.79. The average Bonchev–Trinajstić information content (AvgIpc) is 3.34. The number of hydrogen-bond donors (Lipinski definition) is 1. The summed E-state index contributed by atoms with van der Waals surface area (Å²) in [5.74, 6) is -0.668. The van der Waals surface area contributed by atoms with Gasteiger partial charge >= 0.3 is 0 Å². The first-order chi connectivity index (χ1) is 14.9. The van der Waals surface area contributed by atoms with Gasteiger partial charge in [0.1, 0.15) is 6.26 Å². The fourth-order valence-corrected chi connectivity index (χ4v) is 5.24. The average molecular weight is 448 g/mol. The number of carbonyl (C=O) groups is 2. The van der Waals surface area contributed by atoms with Crippen molar-refractivity contribution >= 4 is 27.5 Å². The van der Waals surface area contributed by atoms with Gasteiger partial charge in [-0.2, -0.15) is 4.31 Å². The van der Waals surface area contributed by atoms with Gasteiger partial charge in [0.05, 0.1) is 35.9 Å². The second kappa shape index (κ2) is 9.21. The molecule has 2 fully saturated rings. The number of rotatable bonds is 5. The lowest BCUT2D eigenvalue weighted by Crippen LogP contribution is -2.43. The minimum atomic E-state index is -3.58. The molecule has 1 aromatic heterocycles. The van der Waals surface area contributed by atoms with Crippen molar-refractivity contribution in [1.29, 1.82) is 0 Å². The van der Waals surface area contributed by atoms with Crippen LogP contribution in [0, 0.1) is 5.92 Å². The van der Waals surface area contributed by atoms with Crippen LogP contribution in [0.15, 0.2) is 52.2 Å². The molecule has 166 valence electrons. The number of ether oxygens (including phenoxy) is 1. The van der Waals surface area contributed by atoms with E-state index in [1.165, 1.54) is 29.0 Å². The van der Waals surface area contributed by atoms with Crippen molar-refractivity contribution in [1.82, 2.24) is 9.21 Å². The first-order valence-electron chi connectivity index (χ1n) is 10.3. The minimum absolute atomic E-state index is 0.149. The maximum atomic E-state index is 12.7. The van der Waals surface area contributed by atoms with Gasteiger partial charge in [-0.3, -0.25) is 9.59 Å². The summed E-state index contributed by atoms with van der Waals surface area (Å²) in [5, 5.41) is 2.84. The van der Waals surface area contributed by atoms with Crippen molar-refractivity contribution in [3.05, 3.63) is 48.4 Å². The van der Waals surface area contributed by atoms with Crippen molar-refractivity contribution in [2.24, 2.45) is 5.92 Å². The van der Waals surface area contributed by atoms with Crippen molar-refractivity contribution in [3.63, 3.8) is 0 Å². The van der Waals surface area contributed by atoms with Crippen molar-refractivity contribution in [2.45, 2.75) is 17.7 Å². The van der Waals surface area contributed by atoms with Gasteiger partial charge in [0.2, 0.25) is 15.9 Å². The molecule has 1 atom stereocenters. The molecule has 4 rings (SSSR count). The zero-order valence-electron chi connectivity index (χ0n) is 17.0. The van der Waals surface area contributed by atoms with E-state index in [9.17, 15) is 18.0 Å². The van der Waals surface area contributed by atoms with Crippen LogP contribution in [0.3, 0.4) is 0 Å². The Kier molecular flexibility index (Phi) is 6.40. The smallest absolute Gasteiger partial charge is 0.257 e. The minimum Gasteiger partial charge on any atom is -0.472 e. The highest BCUT2D eigenvalue weighted by molar-refractivity contribution is 7.89. The number of hydrogen-bond acceptors (Lipinski definition) is 6. The van der Waals surface area contributed by atoms with Crippen LogP contribution < -0.4 is 5.32 Å². The number of anilines is 1. The van der Waals surface area contributed by atoms with Crippen LogP contribution in [0.25, 0.3) is 0 Å². The normalized spacial score (nSPS) is 20.4. The third-order valence-corrected chi connectivity index (χ3v) is 7.49. The molecule has 2 saturated heterocycles. The van der Waals surface area contributed by atoms with Crippen LogP contribution in [0.4, 0.5) is 5.69 Å². The van der Waals surface area contributed by atoms with Gasteiger partial charge in [-0.1, -0.05) is 0 Å². The molecule has 2 aliphatic heterocycles. The number of piperidine rings is 1. The van der Waals surface area contributed by atoms with Crippen LogP contribution in [0.2, 0.25) is 0 Å². The van der Waals surface area contributed by atoms with Gasteiger partial charge in [-0.15, -0.1) is 0 Å². The molecule has 1 N–H and O–H groups in total. The summed E-state index contributed by atoms with van der Waals surface area (Å²) in [6.45, 7) is 2.36. The van der Waals surface area contributed by atoms with E-state index in [1.807, 2.05) is 0 Å². The lowest BCUT2D eigenvalue weighted by Gasteiger charge is -2.31. The maximum absolute atomic E-state index is 12.7. The van der Waals surface area contributed by atoms with Crippen molar-refractivity contribution < 1.29 is 27.2 Å². The Hall–Kier alpha value is -2.69. The number of likely N-dealkylation sites (tertiary alicyclic amines) is 1. The van der Waals surface area contributed by atoms with E-state index in [4.69, 9.17) is 9.15 Å². The Morgan fingerprint density at radius 1 is 1.03 bits per heavy atom. The molecular weight excluding hydrogens is 422 g/mol. The molecule has 0 saturated carbocycles. The number of nitrogens with zero attached hydrogens (tertiary/aromatic N) is 2. The van der Waals surface area contributed by atoms with Crippen LogP contribution >= 0.6 is 0 Å². The molecule has 1 aromatic carbocycles. The first kappa shape index (κ1) is 21.5. The van der Waals surface area contributed by atoms with Crippen LogP contribution in [0.1, 0.15) is 23.2 Å². The number of morpholine rings is 1. The number of amides is 2. The van der Waals surface area contributed by atoms with E-state index >= 15 is 0 Å². The summed E-state index contributed by atoms with van der Waals surface area (Å²) in [4.78, 5) is 27.1. The quantitative estimate of drug-likeness (QED) is 0.749. The SMILES string of the molecule is O=C(Nc1ccc(S(=O)(=O)N2CCOCC2)cc1)C1CCCN(C(=O)c2ccoc2)C1. The Morgan fingerprint density at radius 3 is 2.45 bits per heavy atom.